The molecular formula is C24H23N5O2. The minimum Gasteiger partial charge on any atom is -0.495 e. The number of nitrogens with zero attached hydrogens (tertiary/aromatic N) is 2. The van der Waals surface area contributed by atoms with Crippen LogP contribution in [0.3, 0.4) is 0 Å². The number of aromatic amines is 1. The minimum absolute atomic E-state index is 0.290. The Morgan fingerprint density at radius 2 is 1.94 bits per heavy atom. The Kier molecular flexibility index (Phi) is 6.23. The number of para-hydroxylation sites is 3. The van der Waals surface area contributed by atoms with Crippen LogP contribution in [0.1, 0.15) is 15.9 Å². The van der Waals surface area contributed by atoms with E-state index in [1.165, 1.54) is 17.1 Å². The lowest BCUT2D eigenvalue weighted by Gasteiger charge is -2.14. The number of guanidine groups is 1. The number of anilines is 1. The van der Waals surface area contributed by atoms with Crippen LogP contribution < -0.4 is 15.4 Å². The Balaban J connectivity index is 1.54. The molecule has 2 aromatic carbocycles. The van der Waals surface area contributed by atoms with Gasteiger partial charge in [0.25, 0.3) is 5.91 Å². The van der Waals surface area contributed by atoms with Crippen LogP contribution in [-0.4, -0.2) is 35.5 Å². The van der Waals surface area contributed by atoms with Gasteiger partial charge in [-0.05, 0) is 42.3 Å². The molecule has 0 unspecified atom stereocenters. The first-order valence-corrected chi connectivity index (χ1v) is 9.95. The van der Waals surface area contributed by atoms with E-state index in [2.05, 4.69) is 31.7 Å². The molecule has 1 amide bonds. The molecule has 156 valence electrons. The molecular weight excluding hydrogens is 390 g/mol. The van der Waals surface area contributed by atoms with Gasteiger partial charge in [-0.3, -0.25) is 20.1 Å². The van der Waals surface area contributed by atoms with Crippen molar-refractivity contribution in [2.75, 3.05) is 19.0 Å². The Bertz CT molecular complexity index is 1200. The van der Waals surface area contributed by atoms with Gasteiger partial charge >= 0.3 is 0 Å². The number of carbonyl (C=O) groups is 1. The van der Waals surface area contributed by atoms with Crippen LogP contribution in [0.5, 0.6) is 5.75 Å². The lowest BCUT2D eigenvalue weighted by Crippen LogP contribution is -2.36. The Labute approximate surface area is 180 Å². The van der Waals surface area contributed by atoms with E-state index in [4.69, 9.17) is 4.74 Å². The summed E-state index contributed by atoms with van der Waals surface area (Å²) in [6.07, 6.45) is 5.87. The molecule has 4 rings (SSSR count). The first-order chi connectivity index (χ1) is 15.2. The number of amides is 1. The summed E-state index contributed by atoms with van der Waals surface area (Å²) in [6.45, 7) is 0.493. The number of fused-ring (bicyclic) bond motifs is 1. The average Bonchev–Trinajstić information content (AvgIpc) is 3.23. The zero-order valence-corrected chi connectivity index (χ0v) is 17.1. The van der Waals surface area contributed by atoms with Crippen molar-refractivity contribution in [1.82, 2.24) is 15.3 Å². The number of benzene rings is 2. The van der Waals surface area contributed by atoms with Crippen LogP contribution in [0.4, 0.5) is 5.69 Å². The molecule has 0 atom stereocenters. The van der Waals surface area contributed by atoms with Crippen LogP contribution in [0.15, 0.2) is 84.2 Å². The molecule has 0 spiro atoms. The molecule has 7 nitrogen and oxygen atoms in total. The van der Waals surface area contributed by atoms with Crippen molar-refractivity contribution < 1.29 is 9.53 Å². The van der Waals surface area contributed by atoms with Crippen LogP contribution in [-0.2, 0) is 6.42 Å². The summed E-state index contributed by atoms with van der Waals surface area (Å²) >= 11 is 0. The highest BCUT2D eigenvalue weighted by atomic mass is 16.5. The van der Waals surface area contributed by atoms with Gasteiger partial charge in [-0.25, -0.2) is 0 Å². The predicted molar refractivity (Wildman–Crippen MR) is 123 cm³/mol. The Hall–Kier alpha value is -4.13. The summed E-state index contributed by atoms with van der Waals surface area (Å²) in [7, 11) is 1.60. The summed E-state index contributed by atoms with van der Waals surface area (Å²) in [5.41, 5.74) is 3.43. The van der Waals surface area contributed by atoms with Crippen molar-refractivity contribution in [3.63, 3.8) is 0 Å². The molecule has 3 N–H and O–H groups in total. The number of aromatic nitrogens is 2. The molecule has 2 aromatic heterocycles. The Morgan fingerprint density at radius 1 is 1.10 bits per heavy atom. The summed E-state index contributed by atoms with van der Waals surface area (Å²) in [4.78, 5) is 24.6. The third kappa shape index (κ3) is 4.90. The van der Waals surface area contributed by atoms with E-state index >= 15 is 0 Å². The van der Waals surface area contributed by atoms with Gasteiger partial charge < -0.3 is 15.0 Å². The third-order valence-corrected chi connectivity index (χ3v) is 4.84. The summed E-state index contributed by atoms with van der Waals surface area (Å²) in [6, 6.07) is 19.1. The van der Waals surface area contributed by atoms with Crippen LogP contribution in [0.25, 0.3) is 10.9 Å². The van der Waals surface area contributed by atoms with Gasteiger partial charge in [0.15, 0.2) is 0 Å². The second-order valence-corrected chi connectivity index (χ2v) is 6.86. The lowest BCUT2D eigenvalue weighted by atomic mass is 10.1. The fourth-order valence-electron chi connectivity index (χ4n) is 3.29. The fraction of sp³-hybridized carbons (Fsp3) is 0.125. The highest BCUT2D eigenvalue weighted by Gasteiger charge is 2.11. The zero-order valence-electron chi connectivity index (χ0n) is 17.1. The molecule has 0 bridgehead atoms. The smallest absolute Gasteiger partial charge is 0.259 e. The van der Waals surface area contributed by atoms with E-state index in [-0.39, 0.29) is 5.91 Å². The van der Waals surface area contributed by atoms with Gasteiger partial charge in [-0.2, -0.15) is 0 Å². The molecule has 0 aliphatic heterocycles. The molecule has 0 saturated heterocycles. The van der Waals surface area contributed by atoms with Crippen molar-refractivity contribution >= 4 is 28.5 Å². The number of nitrogens with one attached hydrogen (secondary N) is 3. The second kappa shape index (κ2) is 9.58. The number of ether oxygens (including phenoxy) is 1. The van der Waals surface area contributed by atoms with Gasteiger partial charge in [0, 0.05) is 36.0 Å². The molecule has 0 saturated carbocycles. The average molecular weight is 413 g/mol. The number of hydrogen-bond acceptors (Lipinski definition) is 4. The molecule has 0 fully saturated rings. The van der Waals surface area contributed by atoms with Crippen molar-refractivity contribution in [3.8, 4) is 5.75 Å². The molecule has 4 aromatic rings. The number of carbonyl (C=O) groups excluding carboxylic acids is 1. The van der Waals surface area contributed by atoms with E-state index in [0.717, 1.165) is 11.9 Å². The Morgan fingerprint density at radius 3 is 2.77 bits per heavy atom. The quantitative estimate of drug-likeness (QED) is 0.329. The van der Waals surface area contributed by atoms with Gasteiger partial charge in [0.2, 0.25) is 5.96 Å². The number of methoxy groups -OCH3 is 1. The third-order valence-electron chi connectivity index (χ3n) is 4.84. The standard InChI is InChI=1S/C24H23N5O2/c1-31-22-11-5-4-10-21(22)28-24(29-23(30)18-7-6-13-25-15-18)26-14-12-17-16-27-20-9-3-2-8-19(17)20/h2-11,13,15-16,27H,12,14H2,1H3,(H2,26,28,29,30). The highest BCUT2D eigenvalue weighted by molar-refractivity contribution is 6.10. The topological polar surface area (TPSA) is 91.4 Å². The van der Waals surface area contributed by atoms with Gasteiger partial charge in [0.1, 0.15) is 5.75 Å². The first kappa shape index (κ1) is 20.2. The highest BCUT2D eigenvalue weighted by Crippen LogP contribution is 2.23. The molecule has 2 heterocycles. The number of aliphatic imine (C=N–C) groups is 1. The number of pyridine rings is 1. The normalized spacial score (nSPS) is 11.3. The molecule has 0 radical (unpaired) electrons. The fourth-order valence-corrected chi connectivity index (χ4v) is 3.29. The summed E-state index contributed by atoms with van der Waals surface area (Å²) < 4.78 is 5.40. The maximum absolute atomic E-state index is 12.7. The minimum atomic E-state index is -0.290. The summed E-state index contributed by atoms with van der Waals surface area (Å²) in [5, 5.41) is 7.21. The number of H-pyrrole nitrogens is 1. The maximum Gasteiger partial charge on any atom is 0.259 e. The predicted octanol–water partition coefficient (Wildman–Crippen LogP) is 4.01. The maximum atomic E-state index is 12.7. The largest absolute Gasteiger partial charge is 0.495 e. The van der Waals surface area contributed by atoms with E-state index in [9.17, 15) is 4.79 Å². The van der Waals surface area contributed by atoms with Crippen LogP contribution >= 0.6 is 0 Å². The monoisotopic (exact) mass is 413 g/mol. The van der Waals surface area contributed by atoms with E-state index in [1.807, 2.05) is 48.7 Å². The first-order valence-electron chi connectivity index (χ1n) is 9.95. The second-order valence-electron chi connectivity index (χ2n) is 6.86. The van der Waals surface area contributed by atoms with E-state index in [1.54, 1.807) is 25.4 Å². The molecule has 31 heavy (non-hydrogen) atoms. The van der Waals surface area contributed by atoms with Gasteiger partial charge in [-0.1, -0.05) is 30.3 Å². The molecule has 0 aliphatic carbocycles. The van der Waals surface area contributed by atoms with E-state index in [0.29, 0.717) is 29.5 Å². The lowest BCUT2D eigenvalue weighted by molar-refractivity contribution is 0.0976. The number of hydrogen-bond donors (Lipinski definition) is 3. The van der Waals surface area contributed by atoms with Crippen LogP contribution in [0, 0.1) is 0 Å². The van der Waals surface area contributed by atoms with Gasteiger partial charge in [-0.15, -0.1) is 0 Å². The van der Waals surface area contributed by atoms with Crippen molar-refractivity contribution in [3.05, 3.63) is 90.4 Å². The van der Waals surface area contributed by atoms with Gasteiger partial charge in [0.05, 0.1) is 18.4 Å². The van der Waals surface area contributed by atoms with E-state index < -0.39 is 0 Å². The SMILES string of the molecule is COc1ccccc1NC(=NCCc1c[nH]c2ccccc12)NC(=O)c1cccnc1. The summed E-state index contributed by atoms with van der Waals surface area (Å²) in [5.74, 6) is 0.710. The van der Waals surface area contributed by atoms with Crippen molar-refractivity contribution in [2.45, 2.75) is 6.42 Å². The number of rotatable bonds is 6. The zero-order chi connectivity index (χ0) is 21.5. The molecule has 0 aliphatic rings. The van der Waals surface area contributed by atoms with Crippen LogP contribution in [0.2, 0.25) is 0 Å². The van der Waals surface area contributed by atoms with Crippen molar-refractivity contribution in [2.24, 2.45) is 4.99 Å². The molecule has 7 heteroatoms. The van der Waals surface area contributed by atoms with Crippen molar-refractivity contribution in [1.29, 1.82) is 0 Å².